The van der Waals surface area contributed by atoms with Crippen LogP contribution in [0.2, 0.25) is 0 Å². The second-order valence-corrected chi connectivity index (χ2v) is 7.02. The highest BCUT2D eigenvalue weighted by atomic mass is 16.5. The maximum Gasteiger partial charge on any atom is 0.261 e. The third-order valence-corrected chi connectivity index (χ3v) is 4.70. The van der Waals surface area contributed by atoms with Gasteiger partial charge in [0.2, 0.25) is 5.96 Å². The van der Waals surface area contributed by atoms with Crippen LogP contribution < -0.4 is 14.8 Å². The van der Waals surface area contributed by atoms with Crippen LogP contribution in [-0.2, 0) is 0 Å². The first-order chi connectivity index (χ1) is 14.6. The lowest BCUT2D eigenvalue weighted by Gasteiger charge is -2.28. The number of aliphatic imine (C=N–C) groups is 2. The molecule has 3 heterocycles. The molecule has 1 aromatic carbocycles. The predicted octanol–water partition coefficient (Wildman–Crippen LogP) is 0.919. The van der Waals surface area contributed by atoms with Crippen molar-refractivity contribution in [1.29, 1.82) is 0 Å². The fourth-order valence-electron chi connectivity index (χ4n) is 3.23. The molecule has 0 bridgehead atoms. The number of fused-ring (bicyclic) bond motifs is 3. The minimum atomic E-state index is -0.346. The van der Waals surface area contributed by atoms with Gasteiger partial charge in [-0.3, -0.25) is 20.0 Å². The summed E-state index contributed by atoms with van der Waals surface area (Å²) in [6.45, 7) is 2.52. The molecule has 156 valence electrons. The van der Waals surface area contributed by atoms with Crippen LogP contribution in [0.4, 0.5) is 5.69 Å². The standard InChI is InChI=1S/C20H23N7O3/c1-26(2)8-9-30-15-5-4-14-16(17(15)29-3)24-20(27-7-6-23-18(14)27)25-19(28)13-10-21-12-22-11-13/h4-5,10-12H,6-9H2,1-3H3,(H,24,25,28). The summed E-state index contributed by atoms with van der Waals surface area (Å²) >= 11 is 0. The average Bonchev–Trinajstić information content (AvgIpc) is 3.24. The predicted molar refractivity (Wildman–Crippen MR) is 112 cm³/mol. The molecule has 2 aliphatic heterocycles. The van der Waals surface area contributed by atoms with Gasteiger partial charge in [0.15, 0.2) is 11.5 Å². The molecule has 0 atom stereocenters. The number of likely N-dealkylation sites (N-methyl/N-ethyl adjacent to an activating group) is 1. The summed E-state index contributed by atoms with van der Waals surface area (Å²) in [4.78, 5) is 33.7. The van der Waals surface area contributed by atoms with Gasteiger partial charge in [0.05, 0.1) is 19.2 Å². The van der Waals surface area contributed by atoms with Gasteiger partial charge in [-0.05, 0) is 26.2 Å². The van der Waals surface area contributed by atoms with Crippen LogP contribution in [0.25, 0.3) is 0 Å². The number of hydrogen-bond acceptors (Lipinski definition) is 9. The second-order valence-electron chi connectivity index (χ2n) is 7.02. The topological polar surface area (TPSA) is 105 Å². The largest absolute Gasteiger partial charge is 0.491 e. The van der Waals surface area contributed by atoms with Crippen molar-refractivity contribution in [2.24, 2.45) is 9.98 Å². The number of rotatable bonds is 6. The van der Waals surface area contributed by atoms with Gasteiger partial charge in [-0.2, -0.15) is 0 Å². The SMILES string of the molecule is COc1c(OCCN(C)C)ccc2c1N=C(NC(=O)c1cncnc1)N1CCN=C21. The lowest BCUT2D eigenvalue weighted by atomic mass is 10.1. The molecule has 0 saturated carbocycles. The number of ether oxygens (including phenoxy) is 2. The van der Waals surface area contributed by atoms with E-state index < -0.39 is 0 Å². The monoisotopic (exact) mass is 409 g/mol. The fourth-order valence-corrected chi connectivity index (χ4v) is 3.23. The van der Waals surface area contributed by atoms with Crippen LogP contribution >= 0.6 is 0 Å². The third-order valence-electron chi connectivity index (χ3n) is 4.70. The molecular formula is C20H23N7O3. The number of hydrogen-bond donors (Lipinski definition) is 1. The van der Waals surface area contributed by atoms with Crippen LogP contribution in [0, 0.1) is 0 Å². The van der Waals surface area contributed by atoms with Crippen molar-refractivity contribution in [3.8, 4) is 11.5 Å². The molecule has 2 aliphatic rings. The Kier molecular flexibility index (Phi) is 5.57. The summed E-state index contributed by atoms with van der Waals surface area (Å²) in [7, 11) is 5.54. The van der Waals surface area contributed by atoms with Crippen LogP contribution in [-0.4, -0.2) is 84.9 Å². The second kappa shape index (κ2) is 8.46. The summed E-state index contributed by atoms with van der Waals surface area (Å²) in [5, 5.41) is 2.85. The number of amidine groups is 1. The van der Waals surface area contributed by atoms with E-state index in [1.807, 2.05) is 36.0 Å². The van der Waals surface area contributed by atoms with Gasteiger partial charge in [-0.25, -0.2) is 15.0 Å². The van der Waals surface area contributed by atoms with Gasteiger partial charge < -0.3 is 14.4 Å². The van der Waals surface area contributed by atoms with Crippen molar-refractivity contribution in [2.45, 2.75) is 0 Å². The summed E-state index contributed by atoms with van der Waals surface area (Å²) in [5.74, 6) is 1.89. The minimum absolute atomic E-state index is 0.344. The van der Waals surface area contributed by atoms with Crippen LogP contribution in [0.15, 0.2) is 40.8 Å². The molecule has 0 spiro atoms. The average molecular weight is 409 g/mol. The van der Waals surface area contributed by atoms with E-state index in [-0.39, 0.29) is 5.91 Å². The number of methoxy groups -OCH3 is 1. The van der Waals surface area contributed by atoms with Gasteiger partial charge in [-0.15, -0.1) is 0 Å². The fraction of sp³-hybridized carbons (Fsp3) is 0.350. The molecule has 1 N–H and O–H groups in total. The zero-order valence-electron chi connectivity index (χ0n) is 17.1. The van der Waals surface area contributed by atoms with Crippen molar-refractivity contribution in [1.82, 2.24) is 25.1 Å². The molecule has 1 aromatic heterocycles. The van der Waals surface area contributed by atoms with E-state index in [1.165, 1.54) is 18.7 Å². The van der Waals surface area contributed by atoms with Gasteiger partial charge in [0.1, 0.15) is 24.5 Å². The molecule has 2 aromatic rings. The normalized spacial score (nSPS) is 14.6. The molecule has 0 saturated heterocycles. The highest BCUT2D eigenvalue weighted by Crippen LogP contribution is 2.43. The highest BCUT2D eigenvalue weighted by Gasteiger charge is 2.33. The van der Waals surface area contributed by atoms with Crippen molar-refractivity contribution in [3.05, 3.63) is 42.0 Å². The first-order valence-corrected chi connectivity index (χ1v) is 9.54. The number of guanidine groups is 1. The van der Waals surface area contributed by atoms with E-state index in [1.54, 1.807) is 7.11 Å². The quantitative estimate of drug-likeness (QED) is 0.756. The van der Waals surface area contributed by atoms with E-state index in [0.717, 1.165) is 17.9 Å². The summed E-state index contributed by atoms with van der Waals surface area (Å²) in [6, 6.07) is 3.79. The van der Waals surface area contributed by atoms with Crippen molar-refractivity contribution in [3.63, 3.8) is 0 Å². The molecule has 4 rings (SSSR count). The molecular weight excluding hydrogens is 386 g/mol. The number of carbonyl (C=O) groups is 1. The molecule has 0 aliphatic carbocycles. The van der Waals surface area contributed by atoms with Crippen LogP contribution in [0.5, 0.6) is 11.5 Å². The maximum absolute atomic E-state index is 12.6. The zero-order chi connectivity index (χ0) is 21.1. The van der Waals surface area contributed by atoms with E-state index in [2.05, 4.69) is 20.3 Å². The first kappa shape index (κ1) is 19.8. The van der Waals surface area contributed by atoms with E-state index >= 15 is 0 Å². The molecule has 0 unspecified atom stereocenters. The zero-order valence-corrected chi connectivity index (χ0v) is 17.1. The minimum Gasteiger partial charge on any atom is -0.491 e. The lowest BCUT2D eigenvalue weighted by molar-refractivity contribution is 0.0973. The number of aromatic nitrogens is 2. The third kappa shape index (κ3) is 3.81. The Morgan fingerprint density at radius 3 is 2.80 bits per heavy atom. The molecule has 0 radical (unpaired) electrons. The summed E-state index contributed by atoms with van der Waals surface area (Å²) < 4.78 is 11.5. The Hall–Kier alpha value is -3.53. The van der Waals surface area contributed by atoms with Gasteiger partial charge in [0.25, 0.3) is 5.91 Å². The molecule has 1 amide bonds. The Morgan fingerprint density at radius 2 is 2.07 bits per heavy atom. The van der Waals surface area contributed by atoms with Gasteiger partial charge in [-0.1, -0.05) is 0 Å². The van der Waals surface area contributed by atoms with Crippen molar-refractivity contribution < 1.29 is 14.3 Å². The molecule has 10 nitrogen and oxygen atoms in total. The highest BCUT2D eigenvalue weighted by molar-refractivity contribution is 6.20. The van der Waals surface area contributed by atoms with Gasteiger partial charge >= 0.3 is 0 Å². The summed E-state index contributed by atoms with van der Waals surface area (Å²) in [5.41, 5.74) is 1.76. The van der Waals surface area contributed by atoms with E-state index in [9.17, 15) is 4.79 Å². The van der Waals surface area contributed by atoms with Gasteiger partial charge in [0, 0.05) is 31.0 Å². The van der Waals surface area contributed by atoms with E-state index in [0.29, 0.717) is 48.4 Å². The Labute approximate surface area is 174 Å². The Balaban J connectivity index is 1.68. The van der Waals surface area contributed by atoms with Crippen molar-refractivity contribution in [2.75, 3.05) is 47.4 Å². The maximum atomic E-state index is 12.6. The lowest BCUT2D eigenvalue weighted by Crippen LogP contribution is -2.47. The van der Waals surface area contributed by atoms with Crippen molar-refractivity contribution >= 4 is 23.4 Å². The van der Waals surface area contributed by atoms with E-state index in [4.69, 9.17) is 14.5 Å². The number of nitrogens with one attached hydrogen (secondary N) is 1. The van der Waals surface area contributed by atoms with Crippen LogP contribution in [0.3, 0.4) is 0 Å². The molecule has 10 heteroatoms. The smallest absolute Gasteiger partial charge is 0.261 e. The Morgan fingerprint density at radius 1 is 1.27 bits per heavy atom. The first-order valence-electron chi connectivity index (χ1n) is 9.54. The molecule has 0 fully saturated rings. The number of benzene rings is 1. The number of carbonyl (C=O) groups excluding carboxylic acids is 1. The number of nitrogens with zero attached hydrogens (tertiary/aromatic N) is 6. The molecule has 30 heavy (non-hydrogen) atoms. The van der Waals surface area contributed by atoms with Crippen LogP contribution in [0.1, 0.15) is 15.9 Å². The Bertz CT molecular complexity index is 1000. The number of amides is 1. The summed E-state index contributed by atoms with van der Waals surface area (Å²) in [6.07, 6.45) is 4.28.